The molecule has 0 saturated heterocycles. The minimum absolute atomic E-state index is 0.0772. The molecular weight excluding hydrogens is 604 g/mol. The van der Waals surface area contributed by atoms with Gasteiger partial charge in [-0.1, -0.05) is 59.8 Å². The maximum atomic E-state index is 12.7. The molecule has 0 spiro atoms. The molecule has 0 radical (unpaired) electrons. The van der Waals surface area contributed by atoms with Crippen LogP contribution in [0.4, 0.5) is 0 Å². The fourth-order valence-electron chi connectivity index (χ4n) is 4.12. The molecule has 43 heavy (non-hydrogen) atoms. The molecule has 6 aromatic rings. The predicted molar refractivity (Wildman–Crippen MR) is 169 cm³/mol. The molecule has 1 N–H and O–H groups in total. The second-order valence-corrected chi connectivity index (χ2v) is 11.4. The maximum Gasteiger partial charge on any atom is 0.355 e. The summed E-state index contributed by atoms with van der Waals surface area (Å²) in [4.78, 5) is 29.7. The number of pyridine rings is 1. The molecule has 3 aromatic carbocycles. The number of benzene rings is 3. The quantitative estimate of drug-likeness (QED) is 0.0629. The number of carbonyl (C=O) groups excluding carboxylic acids is 2. The van der Waals surface area contributed by atoms with Crippen molar-refractivity contribution in [2.24, 2.45) is 5.10 Å². The number of nitrogens with zero attached hydrogens (tertiary/aromatic N) is 5. The van der Waals surface area contributed by atoms with Crippen LogP contribution >= 0.6 is 34.7 Å². The molecular formula is C31H21ClN6O3S2. The molecule has 0 aliphatic rings. The van der Waals surface area contributed by atoms with Crippen LogP contribution in [0.5, 0.6) is 5.75 Å². The van der Waals surface area contributed by atoms with Gasteiger partial charge in [0.05, 0.1) is 17.0 Å². The first-order valence-electron chi connectivity index (χ1n) is 12.9. The minimum atomic E-state index is -0.520. The van der Waals surface area contributed by atoms with Crippen molar-refractivity contribution in [1.29, 1.82) is 0 Å². The number of hydrazone groups is 1. The highest BCUT2D eigenvalue weighted by Crippen LogP contribution is 2.35. The lowest BCUT2D eigenvalue weighted by atomic mass is 10.2. The van der Waals surface area contributed by atoms with Crippen LogP contribution < -0.4 is 10.2 Å². The van der Waals surface area contributed by atoms with Crippen molar-refractivity contribution in [2.45, 2.75) is 5.16 Å². The van der Waals surface area contributed by atoms with Crippen LogP contribution in [-0.4, -0.2) is 43.6 Å². The van der Waals surface area contributed by atoms with Crippen LogP contribution in [-0.2, 0) is 4.79 Å². The summed E-state index contributed by atoms with van der Waals surface area (Å²) >= 11 is 8.93. The number of para-hydroxylation sites is 1. The van der Waals surface area contributed by atoms with E-state index in [0.29, 0.717) is 32.2 Å². The largest absolute Gasteiger partial charge is 0.422 e. The van der Waals surface area contributed by atoms with Crippen molar-refractivity contribution >= 4 is 62.9 Å². The predicted octanol–water partition coefficient (Wildman–Crippen LogP) is 6.66. The van der Waals surface area contributed by atoms with Crippen molar-refractivity contribution in [1.82, 2.24) is 25.2 Å². The van der Waals surface area contributed by atoms with Gasteiger partial charge in [0.1, 0.15) is 10.6 Å². The Morgan fingerprint density at radius 2 is 1.70 bits per heavy atom. The number of nitrogens with one attached hydrogen (secondary N) is 1. The van der Waals surface area contributed by atoms with E-state index in [4.69, 9.17) is 16.3 Å². The van der Waals surface area contributed by atoms with Crippen molar-refractivity contribution in [3.05, 3.63) is 119 Å². The first-order valence-corrected chi connectivity index (χ1v) is 15.1. The molecule has 12 heteroatoms. The first kappa shape index (κ1) is 28.3. The number of thiophene rings is 1. The van der Waals surface area contributed by atoms with E-state index >= 15 is 0 Å². The highest BCUT2D eigenvalue weighted by molar-refractivity contribution is 7.99. The number of hydrogen-bond donors (Lipinski definition) is 1. The van der Waals surface area contributed by atoms with Gasteiger partial charge in [0.15, 0.2) is 11.0 Å². The Kier molecular flexibility index (Phi) is 8.55. The summed E-state index contributed by atoms with van der Waals surface area (Å²) in [6.45, 7) is 0. The topological polar surface area (TPSA) is 111 Å². The smallest absolute Gasteiger partial charge is 0.355 e. The number of esters is 1. The van der Waals surface area contributed by atoms with E-state index in [9.17, 15) is 9.59 Å². The van der Waals surface area contributed by atoms with Gasteiger partial charge in [-0.2, -0.15) is 5.10 Å². The third-order valence-electron chi connectivity index (χ3n) is 6.13. The zero-order valence-electron chi connectivity index (χ0n) is 22.3. The molecule has 0 bridgehead atoms. The SMILES string of the molecule is O=C(CSc1nnc(-c2ccncc2)n1-c1ccccc1)NN=Cc1ccc(OC(=O)c2sc3ccccc3c2Cl)cc1. The molecule has 0 aliphatic heterocycles. The Morgan fingerprint density at radius 3 is 2.47 bits per heavy atom. The summed E-state index contributed by atoms with van der Waals surface area (Å²) in [6, 6.07) is 27.7. The van der Waals surface area contributed by atoms with Gasteiger partial charge in [0.25, 0.3) is 5.91 Å². The average Bonchev–Trinajstić information content (AvgIpc) is 3.63. The lowest BCUT2D eigenvalue weighted by molar-refractivity contribution is -0.118. The fourth-order valence-corrected chi connectivity index (χ4v) is 6.25. The standard InChI is InChI=1S/C31H21ClN6O3S2/c32-27-24-8-4-5-9-25(24)43-28(27)30(40)41-23-12-10-20(11-13-23)18-34-35-26(39)19-42-31-37-36-29(21-14-16-33-17-15-21)38(31)22-6-2-1-3-7-22/h1-18H,19H2,(H,35,39). The average molecular weight is 625 g/mol. The number of aromatic nitrogens is 4. The Morgan fingerprint density at radius 1 is 0.953 bits per heavy atom. The lowest BCUT2D eigenvalue weighted by Crippen LogP contribution is -2.20. The molecule has 6 rings (SSSR count). The van der Waals surface area contributed by atoms with Gasteiger partial charge >= 0.3 is 5.97 Å². The van der Waals surface area contributed by atoms with E-state index in [1.807, 2.05) is 71.3 Å². The zero-order valence-corrected chi connectivity index (χ0v) is 24.6. The molecule has 1 amide bonds. The monoisotopic (exact) mass is 624 g/mol. The van der Waals surface area contributed by atoms with Gasteiger partial charge < -0.3 is 4.74 Å². The van der Waals surface area contributed by atoms with Crippen LogP contribution in [0.3, 0.4) is 0 Å². The van der Waals surface area contributed by atoms with Gasteiger partial charge in [-0.3, -0.25) is 14.3 Å². The summed E-state index contributed by atoms with van der Waals surface area (Å²) < 4.78 is 8.33. The van der Waals surface area contributed by atoms with Gasteiger partial charge in [-0.25, -0.2) is 10.2 Å². The van der Waals surface area contributed by atoms with Crippen molar-refractivity contribution in [2.75, 3.05) is 5.75 Å². The van der Waals surface area contributed by atoms with Crippen molar-refractivity contribution in [3.8, 4) is 22.8 Å². The van der Waals surface area contributed by atoms with Crippen LogP contribution in [0.15, 0.2) is 114 Å². The molecule has 0 aliphatic carbocycles. The van der Waals surface area contributed by atoms with E-state index in [-0.39, 0.29) is 11.7 Å². The molecule has 0 saturated carbocycles. The van der Waals surface area contributed by atoms with E-state index in [1.54, 1.807) is 36.7 Å². The summed E-state index contributed by atoms with van der Waals surface area (Å²) in [5, 5.41) is 14.5. The van der Waals surface area contributed by atoms with Crippen LogP contribution in [0.1, 0.15) is 15.2 Å². The number of rotatable bonds is 9. The van der Waals surface area contributed by atoms with Gasteiger partial charge in [-0.05, 0) is 60.2 Å². The number of ether oxygens (including phenoxy) is 1. The van der Waals surface area contributed by atoms with Crippen LogP contribution in [0.2, 0.25) is 5.02 Å². The molecule has 3 heterocycles. The first-order chi connectivity index (χ1) is 21.1. The number of hydrogen-bond acceptors (Lipinski definition) is 9. The lowest BCUT2D eigenvalue weighted by Gasteiger charge is -2.10. The Hall–Kier alpha value is -4.84. The zero-order chi connectivity index (χ0) is 29.6. The third kappa shape index (κ3) is 6.49. The molecule has 0 fully saturated rings. The number of halogens is 1. The number of thioether (sulfide) groups is 1. The number of fused-ring (bicyclic) bond motifs is 1. The third-order valence-corrected chi connectivity index (χ3v) is 8.72. The molecule has 3 aromatic heterocycles. The second-order valence-electron chi connectivity index (χ2n) is 8.99. The number of carbonyl (C=O) groups is 2. The van der Waals surface area contributed by atoms with Gasteiger partial charge in [-0.15, -0.1) is 21.5 Å². The summed E-state index contributed by atoms with van der Waals surface area (Å²) in [5.74, 6) is 0.266. The fraction of sp³-hybridized carbons (Fsp3) is 0.0323. The van der Waals surface area contributed by atoms with Crippen molar-refractivity contribution < 1.29 is 14.3 Å². The summed E-state index contributed by atoms with van der Waals surface area (Å²) in [5.41, 5.74) is 4.97. The molecule has 0 atom stereocenters. The normalized spacial score (nSPS) is 11.2. The van der Waals surface area contributed by atoms with Crippen LogP contribution in [0, 0.1) is 0 Å². The van der Waals surface area contributed by atoms with Gasteiger partial charge in [0.2, 0.25) is 0 Å². The summed E-state index contributed by atoms with van der Waals surface area (Å²) in [6.07, 6.45) is 4.89. The van der Waals surface area contributed by atoms with E-state index in [0.717, 1.165) is 21.3 Å². The van der Waals surface area contributed by atoms with Crippen LogP contribution in [0.25, 0.3) is 27.2 Å². The molecule has 0 unspecified atom stereocenters. The summed E-state index contributed by atoms with van der Waals surface area (Å²) in [7, 11) is 0. The number of amides is 1. The second kappa shape index (κ2) is 13.0. The molecule has 212 valence electrons. The van der Waals surface area contributed by atoms with E-state index in [1.165, 1.54) is 29.3 Å². The van der Waals surface area contributed by atoms with Gasteiger partial charge in [0, 0.05) is 33.7 Å². The molecule has 9 nitrogen and oxygen atoms in total. The van der Waals surface area contributed by atoms with E-state index in [2.05, 4.69) is 25.7 Å². The van der Waals surface area contributed by atoms with Crippen molar-refractivity contribution in [3.63, 3.8) is 0 Å². The minimum Gasteiger partial charge on any atom is -0.422 e. The highest BCUT2D eigenvalue weighted by Gasteiger charge is 2.19. The highest BCUT2D eigenvalue weighted by atomic mass is 35.5. The Balaban J connectivity index is 1.05. The maximum absolute atomic E-state index is 12.7. The Bertz CT molecular complexity index is 1930. The van der Waals surface area contributed by atoms with E-state index < -0.39 is 5.97 Å². The Labute approximate surface area is 259 Å².